The first-order valence-corrected chi connectivity index (χ1v) is 7.41. The Balaban J connectivity index is 2.35. The summed E-state index contributed by atoms with van der Waals surface area (Å²) in [6.07, 6.45) is 1.66. The van der Waals surface area contributed by atoms with Crippen molar-refractivity contribution in [3.63, 3.8) is 0 Å². The second-order valence-corrected chi connectivity index (χ2v) is 5.49. The molecule has 0 spiro atoms. The maximum absolute atomic E-state index is 9.39. The SMILES string of the molecule is CC[C@@H](CO)Nc1nc(CCN(C)C)nc2ccccc12. The molecule has 2 N–H and O–H groups in total. The molecule has 5 nitrogen and oxygen atoms in total. The van der Waals surface area contributed by atoms with Crippen molar-refractivity contribution in [3.8, 4) is 0 Å². The number of aliphatic hydroxyl groups excluding tert-OH is 1. The van der Waals surface area contributed by atoms with Gasteiger partial charge in [0, 0.05) is 18.4 Å². The molecule has 0 saturated heterocycles. The summed E-state index contributed by atoms with van der Waals surface area (Å²) in [6.45, 7) is 3.06. The monoisotopic (exact) mass is 288 g/mol. The summed E-state index contributed by atoms with van der Waals surface area (Å²) in [5, 5.41) is 13.7. The van der Waals surface area contributed by atoms with Crippen LogP contribution in [0.3, 0.4) is 0 Å². The first kappa shape index (κ1) is 15.7. The molecule has 0 bridgehead atoms. The fourth-order valence-corrected chi connectivity index (χ4v) is 2.14. The number of hydrogen-bond donors (Lipinski definition) is 2. The van der Waals surface area contributed by atoms with E-state index in [1.807, 2.05) is 45.3 Å². The fourth-order valence-electron chi connectivity index (χ4n) is 2.14. The number of rotatable bonds is 7. The van der Waals surface area contributed by atoms with Gasteiger partial charge < -0.3 is 15.3 Å². The quantitative estimate of drug-likeness (QED) is 0.815. The Labute approximate surface area is 126 Å². The molecule has 0 aliphatic carbocycles. The molecule has 21 heavy (non-hydrogen) atoms. The van der Waals surface area contributed by atoms with Crippen molar-refractivity contribution in [1.82, 2.24) is 14.9 Å². The molecule has 114 valence electrons. The zero-order chi connectivity index (χ0) is 15.2. The topological polar surface area (TPSA) is 61.3 Å². The average molecular weight is 288 g/mol. The summed E-state index contributed by atoms with van der Waals surface area (Å²) in [4.78, 5) is 11.4. The Morgan fingerprint density at radius 2 is 2.00 bits per heavy atom. The third-order valence-corrected chi connectivity index (χ3v) is 3.49. The number of aromatic nitrogens is 2. The molecule has 0 aliphatic rings. The molecule has 0 amide bonds. The van der Waals surface area contributed by atoms with Crippen molar-refractivity contribution >= 4 is 16.7 Å². The van der Waals surface area contributed by atoms with E-state index < -0.39 is 0 Å². The van der Waals surface area contributed by atoms with Crippen LogP contribution in [0, 0.1) is 0 Å². The second-order valence-electron chi connectivity index (χ2n) is 5.49. The number of nitrogens with zero attached hydrogens (tertiary/aromatic N) is 3. The molecule has 0 aliphatic heterocycles. The van der Waals surface area contributed by atoms with Crippen LogP contribution < -0.4 is 5.32 Å². The molecule has 0 saturated carbocycles. The van der Waals surface area contributed by atoms with Crippen LogP contribution in [-0.2, 0) is 6.42 Å². The highest BCUT2D eigenvalue weighted by Gasteiger charge is 2.11. The molecule has 1 atom stereocenters. The third-order valence-electron chi connectivity index (χ3n) is 3.49. The second kappa shape index (κ2) is 7.33. The van der Waals surface area contributed by atoms with E-state index in [-0.39, 0.29) is 12.6 Å². The zero-order valence-electron chi connectivity index (χ0n) is 13.0. The molecule has 1 heterocycles. The first-order chi connectivity index (χ1) is 10.1. The van der Waals surface area contributed by atoms with E-state index in [9.17, 15) is 5.11 Å². The summed E-state index contributed by atoms with van der Waals surface area (Å²) >= 11 is 0. The lowest BCUT2D eigenvalue weighted by Crippen LogP contribution is -2.24. The highest BCUT2D eigenvalue weighted by Crippen LogP contribution is 2.21. The highest BCUT2D eigenvalue weighted by atomic mass is 16.3. The van der Waals surface area contributed by atoms with Crippen LogP contribution >= 0.6 is 0 Å². The smallest absolute Gasteiger partial charge is 0.137 e. The minimum Gasteiger partial charge on any atom is -0.394 e. The predicted octanol–water partition coefficient (Wildman–Crippen LogP) is 1.92. The molecule has 1 aromatic heterocycles. The maximum atomic E-state index is 9.39. The molecule has 1 aromatic carbocycles. The van der Waals surface area contributed by atoms with Gasteiger partial charge in [-0.15, -0.1) is 0 Å². The van der Waals surface area contributed by atoms with Gasteiger partial charge in [0.15, 0.2) is 0 Å². The Kier molecular flexibility index (Phi) is 5.47. The van der Waals surface area contributed by atoms with Gasteiger partial charge in [-0.25, -0.2) is 9.97 Å². The minimum absolute atomic E-state index is 0.0185. The van der Waals surface area contributed by atoms with E-state index in [1.165, 1.54) is 0 Å². The number of hydrogen-bond acceptors (Lipinski definition) is 5. The van der Waals surface area contributed by atoms with Crippen molar-refractivity contribution in [2.75, 3.05) is 32.6 Å². The van der Waals surface area contributed by atoms with Gasteiger partial charge in [0.1, 0.15) is 11.6 Å². The van der Waals surface area contributed by atoms with Crippen LogP contribution in [0.15, 0.2) is 24.3 Å². The summed E-state index contributed by atoms with van der Waals surface area (Å²) in [6, 6.07) is 8.00. The summed E-state index contributed by atoms with van der Waals surface area (Å²) in [7, 11) is 4.08. The van der Waals surface area contributed by atoms with Gasteiger partial charge in [0.2, 0.25) is 0 Å². The standard InChI is InChI=1S/C16H24N4O/c1-4-12(11-21)17-16-13-7-5-6-8-14(13)18-15(19-16)9-10-20(2)3/h5-8,12,21H,4,9-11H2,1-3H3,(H,17,18,19)/t12-/m0/s1. The Bertz CT molecular complexity index is 581. The lowest BCUT2D eigenvalue weighted by atomic mass is 10.2. The van der Waals surface area contributed by atoms with Gasteiger partial charge in [-0.1, -0.05) is 19.1 Å². The summed E-state index contributed by atoms with van der Waals surface area (Å²) in [5.74, 6) is 1.65. The van der Waals surface area contributed by atoms with E-state index in [1.54, 1.807) is 0 Å². The van der Waals surface area contributed by atoms with Gasteiger partial charge in [-0.05, 0) is 32.6 Å². The molecular formula is C16H24N4O. The van der Waals surface area contributed by atoms with Crippen LogP contribution in [0.4, 0.5) is 5.82 Å². The number of likely N-dealkylation sites (N-methyl/N-ethyl adjacent to an activating group) is 1. The number of para-hydroxylation sites is 1. The van der Waals surface area contributed by atoms with Crippen molar-refractivity contribution in [3.05, 3.63) is 30.1 Å². The van der Waals surface area contributed by atoms with Crippen LogP contribution in [-0.4, -0.2) is 53.3 Å². The number of anilines is 1. The number of nitrogens with one attached hydrogen (secondary N) is 1. The Morgan fingerprint density at radius 1 is 1.24 bits per heavy atom. The van der Waals surface area contributed by atoms with Crippen molar-refractivity contribution < 1.29 is 5.11 Å². The fraction of sp³-hybridized carbons (Fsp3) is 0.500. The van der Waals surface area contributed by atoms with Crippen LogP contribution in [0.2, 0.25) is 0 Å². The Hall–Kier alpha value is -1.72. The maximum Gasteiger partial charge on any atom is 0.137 e. The number of benzene rings is 1. The van der Waals surface area contributed by atoms with Gasteiger partial charge >= 0.3 is 0 Å². The zero-order valence-corrected chi connectivity index (χ0v) is 13.0. The molecule has 0 fully saturated rings. The van der Waals surface area contributed by atoms with Crippen molar-refractivity contribution in [2.24, 2.45) is 0 Å². The van der Waals surface area contributed by atoms with Crippen LogP contribution in [0.25, 0.3) is 10.9 Å². The lowest BCUT2D eigenvalue weighted by molar-refractivity contribution is 0.271. The molecular weight excluding hydrogens is 264 g/mol. The van der Waals surface area contributed by atoms with Gasteiger partial charge in [-0.2, -0.15) is 0 Å². The minimum atomic E-state index is 0.0185. The average Bonchev–Trinajstić information content (AvgIpc) is 2.50. The molecule has 0 radical (unpaired) electrons. The van der Waals surface area contributed by atoms with E-state index >= 15 is 0 Å². The normalized spacial score (nSPS) is 12.8. The van der Waals surface area contributed by atoms with E-state index in [2.05, 4.69) is 20.2 Å². The molecule has 2 rings (SSSR count). The van der Waals surface area contributed by atoms with E-state index in [0.717, 1.165) is 41.9 Å². The summed E-state index contributed by atoms with van der Waals surface area (Å²) < 4.78 is 0. The lowest BCUT2D eigenvalue weighted by Gasteiger charge is -2.17. The highest BCUT2D eigenvalue weighted by molar-refractivity contribution is 5.89. The third kappa shape index (κ3) is 4.12. The first-order valence-electron chi connectivity index (χ1n) is 7.41. The predicted molar refractivity (Wildman–Crippen MR) is 86.6 cm³/mol. The Morgan fingerprint density at radius 3 is 2.67 bits per heavy atom. The van der Waals surface area contributed by atoms with E-state index in [0.29, 0.717) is 0 Å². The molecule has 5 heteroatoms. The van der Waals surface area contributed by atoms with Crippen LogP contribution in [0.5, 0.6) is 0 Å². The van der Waals surface area contributed by atoms with Gasteiger partial charge in [-0.3, -0.25) is 0 Å². The van der Waals surface area contributed by atoms with Crippen molar-refractivity contribution in [2.45, 2.75) is 25.8 Å². The number of fused-ring (bicyclic) bond motifs is 1. The summed E-state index contributed by atoms with van der Waals surface area (Å²) in [5.41, 5.74) is 0.941. The van der Waals surface area contributed by atoms with Crippen LogP contribution in [0.1, 0.15) is 19.2 Å². The molecule has 2 aromatic rings. The largest absolute Gasteiger partial charge is 0.394 e. The van der Waals surface area contributed by atoms with Gasteiger partial charge in [0.25, 0.3) is 0 Å². The van der Waals surface area contributed by atoms with Gasteiger partial charge in [0.05, 0.1) is 18.2 Å². The van der Waals surface area contributed by atoms with E-state index in [4.69, 9.17) is 0 Å². The van der Waals surface area contributed by atoms with Crippen molar-refractivity contribution in [1.29, 1.82) is 0 Å². The number of aliphatic hydroxyl groups is 1. The molecule has 0 unspecified atom stereocenters.